The van der Waals surface area contributed by atoms with Crippen LogP contribution in [0.4, 0.5) is 0 Å². The molecular formula is C16H14. The molecule has 2 aliphatic carbocycles. The molecule has 0 spiro atoms. The molecule has 0 heteroatoms. The van der Waals surface area contributed by atoms with Crippen molar-refractivity contribution in [3.05, 3.63) is 84.0 Å². The van der Waals surface area contributed by atoms with E-state index in [2.05, 4.69) is 72.9 Å². The van der Waals surface area contributed by atoms with E-state index in [1.165, 1.54) is 11.1 Å². The highest BCUT2D eigenvalue weighted by atomic mass is 14.2. The Bertz CT molecular complexity index is 430. The van der Waals surface area contributed by atoms with E-state index in [9.17, 15) is 0 Å². The molecule has 1 aromatic rings. The zero-order valence-electron chi connectivity index (χ0n) is 9.08. The zero-order valence-corrected chi connectivity index (χ0v) is 9.08. The van der Waals surface area contributed by atoms with Crippen molar-refractivity contribution in [2.75, 3.05) is 0 Å². The summed E-state index contributed by atoms with van der Waals surface area (Å²) in [5, 5.41) is 0. The second kappa shape index (κ2) is 3.97. The van der Waals surface area contributed by atoms with Crippen LogP contribution in [0.25, 0.3) is 0 Å². The fourth-order valence-electron chi connectivity index (χ4n) is 2.40. The van der Waals surface area contributed by atoms with E-state index in [1.54, 1.807) is 0 Å². The van der Waals surface area contributed by atoms with Crippen LogP contribution in [0.5, 0.6) is 0 Å². The van der Waals surface area contributed by atoms with Crippen LogP contribution in [-0.2, 0) is 0 Å². The van der Waals surface area contributed by atoms with Gasteiger partial charge in [-0.3, -0.25) is 0 Å². The van der Waals surface area contributed by atoms with E-state index >= 15 is 0 Å². The highest BCUT2D eigenvalue weighted by Crippen LogP contribution is 2.33. The quantitative estimate of drug-likeness (QED) is 0.683. The maximum absolute atomic E-state index is 2.25. The largest absolute Gasteiger partial charge is 0.0732 e. The van der Waals surface area contributed by atoms with E-state index in [1.807, 2.05) is 0 Å². The van der Waals surface area contributed by atoms with Crippen molar-refractivity contribution in [2.45, 2.75) is 11.8 Å². The summed E-state index contributed by atoms with van der Waals surface area (Å²) in [5.74, 6) is 0.914. The number of hydrogen-bond donors (Lipinski definition) is 0. The monoisotopic (exact) mass is 206 g/mol. The lowest BCUT2D eigenvalue weighted by molar-refractivity contribution is 0.999. The minimum Gasteiger partial charge on any atom is -0.0732 e. The Morgan fingerprint density at radius 2 is 0.938 bits per heavy atom. The molecule has 2 aliphatic rings. The van der Waals surface area contributed by atoms with Crippen molar-refractivity contribution >= 4 is 0 Å². The maximum Gasteiger partial charge on any atom is 0.0207 e. The number of benzene rings is 1. The first-order valence-corrected chi connectivity index (χ1v) is 5.74. The molecule has 0 saturated carbocycles. The van der Waals surface area contributed by atoms with Crippen molar-refractivity contribution in [3.8, 4) is 0 Å². The summed E-state index contributed by atoms with van der Waals surface area (Å²) in [6, 6.07) is 8.72. The summed E-state index contributed by atoms with van der Waals surface area (Å²) in [5.41, 5.74) is 2.85. The first kappa shape index (κ1) is 9.41. The Balaban J connectivity index is 2.03. The van der Waals surface area contributed by atoms with Crippen LogP contribution < -0.4 is 0 Å². The molecule has 0 heterocycles. The van der Waals surface area contributed by atoms with E-state index in [0.717, 1.165) is 0 Å². The van der Waals surface area contributed by atoms with Crippen molar-refractivity contribution in [2.24, 2.45) is 0 Å². The number of hydrogen-bond acceptors (Lipinski definition) is 0. The molecule has 0 bridgehead atoms. The van der Waals surface area contributed by atoms with Gasteiger partial charge in [0.05, 0.1) is 0 Å². The normalized spacial score (nSPS) is 19.0. The Labute approximate surface area is 96.3 Å². The Kier molecular flexibility index (Phi) is 2.34. The average Bonchev–Trinajstić information content (AvgIpc) is 3.03. The second-order valence-corrected chi connectivity index (χ2v) is 4.22. The van der Waals surface area contributed by atoms with Gasteiger partial charge in [0.25, 0.3) is 0 Å². The van der Waals surface area contributed by atoms with Crippen LogP contribution in [0.1, 0.15) is 23.0 Å². The minimum absolute atomic E-state index is 0.457. The molecule has 0 unspecified atom stereocenters. The van der Waals surface area contributed by atoms with E-state index in [4.69, 9.17) is 0 Å². The Morgan fingerprint density at radius 3 is 1.31 bits per heavy atom. The SMILES string of the molecule is C1=CC(c2ccccc2C2C=CC=C2)C=C1. The summed E-state index contributed by atoms with van der Waals surface area (Å²) < 4.78 is 0. The van der Waals surface area contributed by atoms with Crippen molar-refractivity contribution in [1.82, 2.24) is 0 Å². The van der Waals surface area contributed by atoms with Gasteiger partial charge in [-0.2, -0.15) is 0 Å². The van der Waals surface area contributed by atoms with Gasteiger partial charge >= 0.3 is 0 Å². The first-order chi connectivity index (χ1) is 7.95. The summed E-state index contributed by atoms with van der Waals surface area (Å²) in [7, 11) is 0. The molecule has 1 aromatic carbocycles. The molecule has 0 radical (unpaired) electrons. The third-order valence-corrected chi connectivity index (χ3v) is 3.21. The minimum atomic E-state index is 0.457. The van der Waals surface area contributed by atoms with Gasteiger partial charge in [0.2, 0.25) is 0 Å². The van der Waals surface area contributed by atoms with Crippen LogP contribution >= 0.6 is 0 Å². The third kappa shape index (κ3) is 1.57. The molecule has 0 fully saturated rings. The lowest BCUT2D eigenvalue weighted by Gasteiger charge is -2.15. The average molecular weight is 206 g/mol. The predicted molar refractivity (Wildman–Crippen MR) is 68.5 cm³/mol. The molecule has 0 saturated heterocycles. The zero-order chi connectivity index (χ0) is 10.8. The first-order valence-electron chi connectivity index (χ1n) is 5.74. The van der Waals surface area contributed by atoms with Gasteiger partial charge in [0, 0.05) is 11.8 Å². The van der Waals surface area contributed by atoms with E-state index in [0.29, 0.717) is 11.8 Å². The molecule has 16 heavy (non-hydrogen) atoms. The van der Waals surface area contributed by atoms with Crippen LogP contribution in [0.15, 0.2) is 72.9 Å². The van der Waals surface area contributed by atoms with Gasteiger partial charge in [0.1, 0.15) is 0 Å². The topological polar surface area (TPSA) is 0 Å². The molecule has 0 nitrogen and oxygen atoms in total. The van der Waals surface area contributed by atoms with E-state index < -0.39 is 0 Å². The summed E-state index contributed by atoms with van der Waals surface area (Å²) in [6.45, 7) is 0. The highest BCUT2D eigenvalue weighted by Gasteiger charge is 2.16. The van der Waals surface area contributed by atoms with Crippen LogP contribution in [0.3, 0.4) is 0 Å². The predicted octanol–water partition coefficient (Wildman–Crippen LogP) is 4.11. The smallest absolute Gasteiger partial charge is 0.0207 e. The van der Waals surface area contributed by atoms with Gasteiger partial charge in [-0.15, -0.1) is 0 Å². The number of allylic oxidation sites excluding steroid dienone is 8. The summed E-state index contributed by atoms with van der Waals surface area (Å²) in [6.07, 6.45) is 17.5. The maximum atomic E-state index is 2.25. The molecule has 3 rings (SSSR count). The lowest BCUT2D eigenvalue weighted by atomic mass is 9.88. The van der Waals surface area contributed by atoms with Gasteiger partial charge in [-0.1, -0.05) is 72.9 Å². The van der Waals surface area contributed by atoms with Gasteiger partial charge in [-0.05, 0) is 11.1 Å². The molecular weight excluding hydrogens is 192 g/mol. The summed E-state index contributed by atoms with van der Waals surface area (Å²) in [4.78, 5) is 0. The van der Waals surface area contributed by atoms with Crippen molar-refractivity contribution in [1.29, 1.82) is 0 Å². The van der Waals surface area contributed by atoms with Gasteiger partial charge in [0.15, 0.2) is 0 Å². The molecule has 0 aromatic heterocycles. The fraction of sp³-hybridized carbons (Fsp3) is 0.125. The van der Waals surface area contributed by atoms with Gasteiger partial charge < -0.3 is 0 Å². The Hall–Kier alpha value is -1.82. The third-order valence-electron chi connectivity index (χ3n) is 3.21. The van der Waals surface area contributed by atoms with Gasteiger partial charge in [-0.25, -0.2) is 0 Å². The van der Waals surface area contributed by atoms with E-state index in [-0.39, 0.29) is 0 Å². The van der Waals surface area contributed by atoms with Crippen LogP contribution in [-0.4, -0.2) is 0 Å². The molecule has 0 N–H and O–H groups in total. The van der Waals surface area contributed by atoms with Crippen LogP contribution in [0.2, 0.25) is 0 Å². The number of rotatable bonds is 2. The highest BCUT2D eigenvalue weighted by molar-refractivity contribution is 5.46. The fourth-order valence-corrected chi connectivity index (χ4v) is 2.40. The van der Waals surface area contributed by atoms with Crippen molar-refractivity contribution < 1.29 is 0 Å². The molecule has 0 atom stereocenters. The molecule has 78 valence electrons. The standard InChI is InChI=1S/C16H14/c1-2-8-13(7-1)15-11-5-6-12-16(15)14-9-3-4-10-14/h1-14H. The molecule has 0 amide bonds. The second-order valence-electron chi connectivity index (χ2n) is 4.22. The molecule has 0 aliphatic heterocycles. The lowest BCUT2D eigenvalue weighted by Crippen LogP contribution is -1.99. The van der Waals surface area contributed by atoms with Crippen molar-refractivity contribution in [3.63, 3.8) is 0 Å². The van der Waals surface area contributed by atoms with Crippen LogP contribution in [0, 0.1) is 0 Å². The summed E-state index contributed by atoms with van der Waals surface area (Å²) >= 11 is 0. The Morgan fingerprint density at radius 1 is 0.562 bits per heavy atom.